The van der Waals surface area contributed by atoms with Gasteiger partial charge >= 0.3 is 0 Å². The maximum absolute atomic E-state index is 11.9. The molecule has 0 fully saturated rings. The minimum absolute atomic E-state index is 0.0373. The van der Waals surface area contributed by atoms with E-state index in [9.17, 15) is 14.9 Å². The van der Waals surface area contributed by atoms with Crippen LogP contribution in [0.25, 0.3) is 0 Å². The van der Waals surface area contributed by atoms with Crippen molar-refractivity contribution in [2.45, 2.75) is 6.54 Å². The Balaban J connectivity index is 2.12. The van der Waals surface area contributed by atoms with Gasteiger partial charge in [-0.2, -0.15) is 5.10 Å². The zero-order chi connectivity index (χ0) is 14.7. The molecule has 2 heterocycles. The molecule has 2 rings (SSSR count). The van der Waals surface area contributed by atoms with Gasteiger partial charge in [-0.25, -0.2) is 4.98 Å². The molecule has 0 unspecified atom stereocenters. The van der Waals surface area contributed by atoms with Crippen molar-refractivity contribution in [3.8, 4) is 0 Å². The van der Waals surface area contributed by atoms with Gasteiger partial charge in [-0.05, 0) is 0 Å². The molecule has 104 valence electrons. The predicted octanol–water partition coefficient (Wildman–Crippen LogP) is 1.31. The standard InChI is InChI=1S/C11H10ClN5O3/c1-16-6-7(4-15-16)3-14-11(18)9-2-8(17(19)20)5-13-10(9)12/h2,4-6H,3H2,1H3,(H,14,18). The Morgan fingerprint density at radius 3 is 2.90 bits per heavy atom. The van der Waals surface area contributed by atoms with Gasteiger partial charge in [0.05, 0.1) is 16.7 Å². The fourth-order valence-electron chi connectivity index (χ4n) is 1.54. The normalized spacial score (nSPS) is 10.3. The van der Waals surface area contributed by atoms with Crippen LogP contribution in [-0.4, -0.2) is 25.6 Å². The fraction of sp³-hybridized carbons (Fsp3) is 0.182. The topological polar surface area (TPSA) is 103 Å². The van der Waals surface area contributed by atoms with E-state index in [1.165, 1.54) is 0 Å². The van der Waals surface area contributed by atoms with Crippen molar-refractivity contribution >= 4 is 23.2 Å². The molecule has 0 saturated carbocycles. The van der Waals surface area contributed by atoms with Gasteiger partial charge in [0.25, 0.3) is 11.6 Å². The van der Waals surface area contributed by atoms with Gasteiger partial charge in [-0.15, -0.1) is 0 Å². The molecule has 2 aromatic rings. The van der Waals surface area contributed by atoms with Crippen LogP contribution in [0.1, 0.15) is 15.9 Å². The lowest BCUT2D eigenvalue weighted by Gasteiger charge is -2.04. The van der Waals surface area contributed by atoms with Crippen LogP contribution in [0.4, 0.5) is 5.69 Å². The quantitative estimate of drug-likeness (QED) is 0.520. The number of hydrogen-bond donors (Lipinski definition) is 1. The van der Waals surface area contributed by atoms with Crippen LogP contribution < -0.4 is 5.32 Å². The molecule has 1 amide bonds. The molecule has 0 aliphatic rings. The van der Waals surface area contributed by atoms with E-state index in [0.717, 1.165) is 17.8 Å². The molecule has 9 heteroatoms. The number of nitrogens with one attached hydrogen (secondary N) is 1. The number of halogens is 1. The largest absolute Gasteiger partial charge is 0.348 e. The van der Waals surface area contributed by atoms with Gasteiger partial charge in [-0.3, -0.25) is 19.6 Å². The number of carbonyl (C=O) groups is 1. The number of amides is 1. The lowest BCUT2D eigenvalue weighted by Crippen LogP contribution is -2.23. The van der Waals surface area contributed by atoms with Gasteiger partial charge < -0.3 is 5.32 Å². The lowest BCUT2D eigenvalue weighted by atomic mass is 10.2. The Labute approximate surface area is 118 Å². The molecule has 0 aliphatic heterocycles. The zero-order valence-electron chi connectivity index (χ0n) is 10.4. The van der Waals surface area contributed by atoms with Crippen LogP contribution in [0.5, 0.6) is 0 Å². The molecule has 0 bridgehead atoms. The van der Waals surface area contributed by atoms with E-state index >= 15 is 0 Å². The Morgan fingerprint density at radius 2 is 2.30 bits per heavy atom. The molecule has 8 nitrogen and oxygen atoms in total. The third-order valence-electron chi connectivity index (χ3n) is 2.49. The zero-order valence-corrected chi connectivity index (χ0v) is 11.2. The summed E-state index contributed by atoms with van der Waals surface area (Å²) < 4.78 is 1.60. The monoisotopic (exact) mass is 295 g/mol. The van der Waals surface area contributed by atoms with Crippen molar-refractivity contribution in [3.63, 3.8) is 0 Å². The SMILES string of the molecule is Cn1cc(CNC(=O)c2cc([N+](=O)[O-])cnc2Cl)cn1. The summed E-state index contributed by atoms with van der Waals surface area (Å²) in [6.07, 6.45) is 4.35. The second kappa shape index (κ2) is 5.66. The average Bonchev–Trinajstić information content (AvgIpc) is 2.82. The summed E-state index contributed by atoms with van der Waals surface area (Å²) in [5, 5.41) is 17.1. The first kappa shape index (κ1) is 13.9. The van der Waals surface area contributed by atoms with E-state index in [4.69, 9.17) is 11.6 Å². The van der Waals surface area contributed by atoms with E-state index in [1.807, 2.05) is 0 Å². The third-order valence-corrected chi connectivity index (χ3v) is 2.79. The van der Waals surface area contributed by atoms with E-state index in [0.29, 0.717) is 0 Å². The van der Waals surface area contributed by atoms with E-state index in [1.54, 1.807) is 24.1 Å². The number of nitro groups is 1. The Morgan fingerprint density at radius 1 is 1.55 bits per heavy atom. The van der Waals surface area contributed by atoms with Crippen molar-refractivity contribution < 1.29 is 9.72 Å². The highest BCUT2D eigenvalue weighted by atomic mass is 35.5. The number of aromatic nitrogens is 3. The predicted molar refractivity (Wildman–Crippen MR) is 70.3 cm³/mol. The van der Waals surface area contributed by atoms with Crippen molar-refractivity contribution in [1.29, 1.82) is 0 Å². The average molecular weight is 296 g/mol. The summed E-state index contributed by atoms with van der Waals surface area (Å²) in [4.78, 5) is 25.6. The summed E-state index contributed by atoms with van der Waals surface area (Å²) >= 11 is 5.77. The summed E-state index contributed by atoms with van der Waals surface area (Å²) in [6, 6.07) is 1.09. The first-order chi connectivity index (χ1) is 9.47. The number of pyridine rings is 1. The van der Waals surface area contributed by atoms with Gasteiger partial charge in [0, 0.05) is 31.4 Å². The Kier molecular flexibility index (Phi) is 3.94. The highest BCUT2D eigenvalue weighted by molar-refractivity contribution is 6.32. The second-order valence-electron chi connectivity index (χ2n) is 3.99. The number of carbonyl (C=O) groups excluding carboxylic acids is 1. The first-order valence-corrected chi connectivity index (χ1v) is 5.91. The molecule has 0 spiro atoms. The van der Waals surface area contributed by atoms with E-state index in [2.05, 4.69) is 15.4 Å². The molecule has 0 atom stereocenters. The van der Waals surface area contributed by atoms with Crippen LogP contribution >= 0.6 is 11.6 Å². The number of nitrogens with zero attached hydrogens (tertiary/aromatic N) is 4. The molecule has 20 heavy (non-hydrogen) atoms. The fourth-order valence-corrected chi connectivity index (χ4v) is 1.73. The molecule has 0 saturated heterocycles. The summed E-state index contributed by atoms with van der Waals surface area (Å²) in [7, 11) is 1.76. The maximum atomic E-state index is 11.9. The molecule has 0 aromatic carbocycles. The van der Waals surface area contributed by atoms with Crippen LogP contribution in [0.3, 0.4) is 0 Å². The van der Waals surface area contributed by atoms with Crippen LogP contribution in [-0.2, 0) is 13.6 Å². The van der Waals surface area contributed by atoms with Crippen molar-refractivity contribution in [1.82, 2.24) is 20.1 Å². The van der Waals surface area contributed by atoms with Gasteiger partial charge in [0.2, 0.25) is 0 Å². The van der Waals surface area contributed by atoms with E-state index < -0.39 is 10.8 Å². The third kappa shape index (κ3) is 3.09. The molecule has 2 aromatic heterocycles. The summed E-state index contributed by atoms with van der Waals surface area (Å²) in [6.45, 7) is 0.242. The van der Waals surface area contributed by atoms with Crippen LogP contribution in [0, 0.1) is 10.1 Å². The molecular weight excluding hydrogens is 286 g/mol. The lowest BCUT2D eigenvalue weighted by molar-refractivity contribution is -0.385. The highest BCUT2D eigenvalue weighted by Gasteiger charge is 2.17. The molecular formula is C11H10ClN5O3. The maximum Gasteiger partial charge on any atom is 0.288 e. The minimum atomic E-state index is -0.638. The Hall–Kier alpha value is -2.48. The van der Waals surface area contributed by atoms with Crippen molar-refractivity contribution in [2.24, 2.45) is 7.05 Å². The van der Waals surface area contributed by atoms with Crippen LogP contribution in [0.15, 0.2) is 24.7 Å². The number of hydrogen-bond acceptors (Lipinski definition) is 5. The smallest absolute Gasteiger partial charge is 0.288 e. The number of aryl methyl sites for hydroxylation is 1. The first-order valence-electron chi connectivity index (χ1n) is 5.53. The van der Waals surface area contributed by atoms with Gasteiger partial charge in [0.15, 0.2) is 0 Å². The van der Waals surface area contributed by atoms with Gasteiger partial charge in [0.1, 0.15) is 11.3 Å². The van der Waals surface area contributed by atoms with Crippen molar-refractivity contribution in [2.75, 3.05) is 0 Å². The second-order valence-corrected chi connectivity index (χ2v) is 4.35. The summed E-state index contributed by atoms with van der Waals surface area (Å²) in [5.74, 6) is -0.532. The van der Waals surface area contributed by atoms with Crippen molar-refractivity contribution in [3.05, 3.63) is 51.1 Å². The minimum Gasteiger partial charge on any atom is -0.348 e. The highest BCUT2D eigenvalue weighted by Crippen LogP contribution is 2.19. The molecule has 0 radical (unpaired) electrons. The van der Waals surface area contributed by atoms with E-state index in [-0.39, 0.29) is 22.9 Å². The number of rotatable bonds is 4. The Bertz CT molecular complexity index is 670. The van der Waals surface area contributed by atoms with Gasteiger partial charge in [-0.1, -0.05) is 11.6 Å². The molecule has 1 N–H and O–H groups in total. The van der Waals surface area contributed by atoms with Crippen LogP contribution in [0.2, 0.25) is 5.15 Å². The molecule has 0 aliphatic carbocycles. The summed E-state index contributed by atoms with van der Waals surface area (Å²) in [5.41, 5.74) is 0.473.